The first-order chi connectivity index (χ1) is 10.4. The van der Waals surface area contributed by atoms with E-state index in [0.717, 1.165) is 17.0 Å². The summed E-state index contributed by atoms with van der Waals surface area (Å²) in [6.45, 7) is 0. The summed E-state index contributed by atoms with van der Waals surface area (Å²) in [5, 5.41) is 3.51. The number of aromatic nitrogens is 1. The Morgan fingerprint density at radius 3 is 2.86 bits per heavy atom. The lowest BCUT2D eigenvalue weighted by molar-refractivity contribution is 0.607. The lowest BCUT2D eigenvalue weighted by atomic mass is 9.92. The fourth-order valence-electron chi connectivity index (χ4n) is 3.84. The van der Waals surface area contributed by atoms with Crippen molar-refractivity contribution in [1.29, 1.82) is 0 Å². The lowest BCUT2D eigenvalue weighted by Crippen LogP contribution is -2.05. The maximum Gasteiger partial charge on any atom is 0.295 e. The Morgan fingerprint density at radius 1 is 1.05 bits per heavy atom. The maximum atomic E-state index is 5.79. The van der Waals surface area contributed by atoms with E-state index < -0.39 is 0 Å². The first-order valence-electron chi connectivity index (χ1n) is 7.60. The van der Waals surface area contributed by atoms with Crippen LogP contribution in [0.15, 0.2) is 52.9 Å². The molecule has 1 fully saturated rings. The number of rotatable bonds is 2. The van der Waals surface area contributed by atoms with Gasteiger partial charge in [-0.15, -0.1) is 0 Å². The van der Waals surface area contributed by atoms with Crippen LogP contribution in [0, 0.1) is 5.92 Å². The van der Waals surface area contributed by atoms with Crippen LogP contribution in [0.1, 0.15) is 23.5 Å². The number of fused-ring (bicyclic) bond motifs is 4. The van der Waals surface area contributed by atoms with Crippen LogP contribution in [0.25, 0.3) is 11.1 Å². The van der Waals surface area contributed by atoms with Crippen molar-refractivity contribution in [3.63, 3.8) is 0 Å². The van der Waals surface area contributed by atoms with E-state index in [9.17, 15) is 0 Å². The quantitative estimate of drug-likeness (QED) is 0.769. The molecule has 1 N–H and O–H groups in total. The topological polar surface area (TPSA) is 38.1 Å². The summed E-state index contributed by atoms with van der Waals surface area (Å²) in [5.41, 5.74) is 4.80. The Kier molecular flexibility index (Phi) is 2.22. The molecule has 0 spiro atoms. The lowest BCUT2D eigenvalue weighted by Gasteiger charge is -2.12. The fourth-order valence-corrected chi connectivity index (χ4v) is 3.84. The van der Waals surface area contributed by atoms with Crippen molar-refractivity contribution in [1.82, 2.24) is 4.98 Å². The van der Waals surface area contributed by atoms with E-state index in [4.69, 9.17) is 4.42 Å². The third-order valence-corrected chi connectivity index (χ3v) is 4.91. The zero-order chi connectivity index (χ0) is 13.8. The van der Waals surface area contributed by atoms with E-state index in [0.29, 0.717) is 18.0 Å². The van der Waals surface area contributed by atoms with E-state index in [1.165, 1.54) is 24.0 Å². The summed E-state index contributed by atoms with van der Waals surface area (Å²) in [4.78, 5) is 4.53. The van der Waals surface area contributed by atoms with Gasteiger partial charge in [-0.2, -0.15) is 4.98 Å². The molecule has 3 heteroatoms. The predicted octanol–water partition coefficient (Wildman–Crippen LogP) is 3.97. The molecule has 0 saturated heterocycles. The molecule has 2 aliphatic carbocycles. The molecule has 1 saturated carbocycles. The van der Waals surface area contributed by atoms with Gasteiger partial charge in [-0.3, -0.25) is 0 Å². The van der Waals surface area contributed by atoms with Gasteiger partial charge in [0.25, 0.3) is 6.01 Å². The Balaban J connectivity index is 1.44. The van der Waals surface area contributed by atoms with Gasteiger partial charge >= 0.3 is 0 Å². The molecule has 2 aromatic carbocycles. The molecule has 0 aliphatic heterocycles. The number of hydrogen-bond donors (Lipinski definition) is 1. The van der Waals surface area contributed by atoms with Crippen LogP contribution in [0.2, 0.25) is 0 Å². The van der Waals surface area contributed by atoms with E-state index in [1.54, 1.807) is 0 Å². The highest BCUT2D eigenvalue weighted by Crippen LogP contribution is 2.55. The van der Waals surface area contributed by atoms with Gasteiger partial charge in [0.15, 0.2) is 5.58 Å². The molecule has 5 rings (SSSR count). The van der Waals surface area contributed by atoms with Crippen molar-refractivity contribution < 1.29 is 4.42 Å². The van der Waals surface area contributed by atoms with Crippen LogP contribution in [0.4, 0.5) is 6.01 Å². The Morgan fingerprint density at radius 2 is 1.90 bits per heavy atom. The molecule has 104 valence electrons. The summed E-state index contributed by atoms with van der Waals surface area (Å²) < 4.78 is 5.79. The van der Waals surface area contributed by atoms with Gasteiger partial charge < -0.3 is 9.73 Å². The standard InChI is InChI=1S/C18H16N2O/c1-2-6-12-11(5-1)9-10-13-16(12)17(13)20-18-19-14-7-3-4-8-15(14)21-18/h1-8,13,16-17H,9-10H2,(H,19,20). The third kappa shape index (κ3) is 1.70. The van der Waals surface area contributed by atoms with Gasteiger partial charge in [0.05, 0.1) is 0 Å². The first-order valence-corrected chi connectivity index (χ1v) is 7.60. The molecule has 3 aromatic rings. The van der Waals surface area contributed by atoms with Gasteiger partial charge in [-0.25, -0.2) is 0 Å². The highest BCUT2D eigenvalue weighted by molar-refractivity contribution is 5.74. The average molecular weight is 276 g/mol. The van der Waals surface area contributed by atoms with Crippen LogP contribution in [-0.4, -0.2) is 11.0 Å². The highest BCUT2D eigenvalue weighted by Gasteiger charge is 2.53. The molecule has 0 radical (unpaired) electrons. The number of para-hydroxylation sites is 2. The molecule has 1 aromatic heterocycles. The van der Waals surface area contributed by atoms with E-state index in [-0.39, 0.29) is 0 Å². The van der Waals surface area contributed by atoms with Crippen LogP contribution in [0.3, 0.4) is 0 Å². The number of oxazole rings is 1. The molecular formula is C18H16N2O. The molecular weight excluding hydrogens is 260 g/mol. The van der Waals surface area contributed by atoms with Crippen LogP contribution >= 0.6 is 0 Å². The number of aryl methyl sites for hydroxylation is 1. The molecule has 3 atom stereocenters. The first kappa shape index (κ1) is 11.4. The van der Waals surface area contributed by atoms with Crippen molar-refractivity contribution in [2.45, 2.75) is 24.8 Å². The van der Waals surface area contributed by atoms with Gasteiger partial charge in [-0.05, 0) is 42.0 Å². The summed E-state index contributed by atoms with van der Waals surface area (Å²) in [6.07, 6.45) is 2.46. The number of nitrogens with zero attached hydrogens (tertiary/aromatic N) is 1. The summed E-state index contributed by atoms with van der Waals surface area (Å²) >= 11 is 0. The third-order valence-electron chi connectivity index (χ3n) is 4.91. The number of anilines is 1. The van der Waals surface area contributed by atoms with E-state index in [1.807, 2.05) is 24.3 Å². The second-order valence-electron chi connectivity index (χ2n) is 6.08. The minimum atomic E-state index is 0.474. The molecule has 0 amide bonds. The van der Waals surface area contributed by atoms with Crippen molar-refractivity contribution in [3.8, 4) is 0 Å². The van der Waals surface area contributed by atoms with Crippen LogP contribution in [0.5, 0.6) is 0 Å². The zero-order valence-corrected chi connectivity index (χ0v) is 11.6. The number of hydrogen-bond acceptors (Lipinski definition) is 3. The van der Waals surface area contributed by atoms with Gasteiger partial charge in [0, 0.05) is 12.0 Å². The van der Waals surface area contributed by atoms with Gasteiger partial charge in [0.2, 0.25) is 0 Å². The Labute approximate surface area is 123 Å². The van der Waals surface area contributed by atoms with E-state index >= 15 is 0 Å². The van der Waals surface area contributed by atoms with Crippen molar-refractivity contribution in [3.05, 3.63) is 59.7 Å². The predicted molar refractivity (Wildman–Crippen MR) is 82.4 cm³/mol. The zero-order valence-electron chi connectivity index (χ0n) is 11.6. The van der Waals surface area contributed by atoms with Crippen molar-refractivity contribution >= 4 is 17.1 Å². The SMILES string of the molecule is c1ccc2c(c1)CCC1C(Nc3nc4ccccc4o3)C21. The van der Waals surface area contributed by atoms with Crippen LogP contribution < -0.4 is 5.32 Å². The summed E-state index contributed by atoms with van der Waals surface area (Å²) in [5.74, 6) is 1.36. The molecule has 0 bridgehead atoms. The average Bonchev–Trinajstić information content (AvgIpc) is 3.06. The second kappa shape index (κ2) is 4.10. The van der Waals surface area contributed by atoms with Gasteiger partial charge in [-0.1, -0.05) is 36.4 Å². The smallest absolute Gasteiger partial charge is 0.295 e. The largest absolute Gasteiger partial charge is 0.424 e. The minimum absolute atomic E-state index is 0.474. The monoisotopic (exact) mass is 276 g/mol. The molecule has 3 unspecified atom stereocenters. The molecule has 21 heavy (non-hydrogen) atoms. The summed E-state index contributed by atoms with van der Waals surface area (Å²) in [6, 6.07) is 17.9. The Hall–Kier alpha value is -2.29. The second-order valence-corrected chi connectivity index (χ2v) is 6.08. The fraction of sp³-hybridized carbons (Fsp3) is 0.278. The number of nitrogens with one attached hydrogen (secondary N) is 1. The molecule has 2 aliphatic rings. The van der Waals surface area contributed by atoms with Gasteiger partial charge in [0.1, 0.15) is 5.52 Å². The minimum Gasteiger partial charge on any atom is -0.424 e. The summed E-state index contributed by atoms with van der Waals surface area (Å²) in [7, 11) is 0. The van der Waals surface area contributed by atoms with Crippen molar-refractivity contribution in [2.24, 2.45) is 5.92 Å². The molecule has 3 nitrogen and oxygen atoms in total. The number of benzene rings is 2. The van der Waals surface area contributed by atoms with Crippen LogP contribution in [-0.2, 0) is 6.42 Å². The van der Waals surface area contributed by atoms with E-state index in [2.05, 4.69) is 34.6 Å². The molecule has 1 heterocycles. The highest BCUT2D eigenvalue weighted by atomic mass is 16.4. The van der Waals surface area contributed by atoms with Crippen molar-refractivity contribution in [2.75, 3.05) is 5.32 Å². The maximum absolute atomic E-state index is 5.79. The normalized spacial score (nSPS) is 26.2. The Bertz CT molecular complexity index is 790.